The number of carbonyl (C=O) groups excluding carboxylic acids is 4. The Morgan fingerprint density at radius 1 is 0.983 bits per heavy atom. The molecule has 0 radical (unpaired) electrons. The minimum Gasteiger partial charge on any atom is -0.507 e. The number of aliphatic hydroxyl groups excluding tert-OH is 2. The summed E-state index contributed by atoms with van der Waals surface area (Å²) in [6, 6.07) is 1.03. The van der Waals surface area contributed by atoms with Gasteiger partial charge in [0.15, 0.2) is 12.4 Å². The predicted molar refractivity (Wildman–Crippen MR) is 220 cm³/mol. The standard InChI is InChI=1S/C44H58N2O14/c1-21-12-11-13-22(2)43(54)45-29-18-31(57-20-32(48)46-15-17-56-19-23(46)3)33-34(39(29)52)38(51)27(7)41-35(33)42(53)44(9,60-41)58-16-14-30(55-10)24(4)40(59-28(8)47)26(6)37(50)25(5)36(21)49/h11-14,16,18,21,23-26,30,36-37,40,49-52H,15,17,19-20H2,1-10H3,(H,45,54)/b12-11-,16-14-,22-13-/t21-,23?,24+,25+,26+,30-,36-,37+,40+,44-/m0/s1. The van der Waals surface area contributed by atoms with Gasteiger partial charge in [0.05, 0.1) is 60.5 Å². The number of nitrogens with one attached hydrogen (secondary N) is 1. The molecule has 1 saturated heterocycles. The van der Waals surface area contributed by atoms with Crippen molar-refractivity contribution in [3.05, 3.63) is 53.3 Å². The molecule has 4 aliphatic heterocycles. The molecule has 2 amide bonds. The summed E-state index contributed by atoms with van der Waals surface area (Å²) in [4.78, 5) is 55.5. The number of Topliss-reactive ketones (excluding diaryl/α,β-unsaturated/α-hetero) is 1. The van der Waals surface area contributed by atoms with Crippen LogP contribution in [0.2, 0.25) is 0 Å². The Morgan fingerprint density at radius 3 is 2.33 bits per heavy atom. The van der Waals surface area contributed by atoms with Crippen molar-refractivity contribution in [2.45, 2.75) is 98.6 Å². The number of esters is 1. The van der Waals surface area contributed by atoms with Crippen LogP contribution in [-0.4, -0.2) is 119 Å². The number of aliphatic hydroxyl groups is 2. The number of nitrogens with zero attached hydrogens (tertiary/aromatic N) is 1. The fourth-order valence-corrected chi connectivity index (χ4v) is 8.07. The number of fused-ring (bicyclic) bond motifs is 14. The van der Waals surface area contributed by atoms with Gasteiger partial charge in [0.2, 0.25) is 0 Å². The number of morpholine rings is 1. The summed E-state index contributed by atoms with van der Waals surface area (Å²) >= 11 is 0. The summed E-state index contributed by atoms with van der Waals surface area (Å²) in [6.07, 6.45) is 3.57. The molecule has 6 rings (SSSR count). The third-order valence-corrected chi connectivity index (χ3v) is 11.9. The van der Waals surface area contributed by atoms with E-state index >= 15 is 0 Å². The highest BCUT2D eigenvalue weighted by Crippen LogP contribution is 2.54. The van der Waals surface area contributed by atoms with Crippen LogP contribution >= 0.6 is 0 Å². The molecule has 10 atom stereocenters. The minimum atomic E-state index is -2.03. The van der Waals surface area contributed by atoms with Crippen LogP contribution in [0.5, 0.6) is 23.0 Å². The number of methoxy groups -OCH3 is 1. The molecule has 4 aliphatic rings. The van der Waals surface area contributed by atoms with Crippen LogP contribution < -0.4 is 14.8 Å². The summed E-state index contributed by atoms with van der Waals surface area (Å²) in [5, 5.41) is 48.5. The number of anilines is 1. The SMILES string of the molecule is CO[C@H]1/C=C\O[C@@]2(C)Oc3c(C)c(O)c4c(O)c(cc(OCC(=O)N5CCOCC5C)c4c3C2=O)NC(=O)/C(C)=C\C=C/[C@H](C)[C@H](O)[C@@H](C)[C@@H](O)[C@@H](C)[C@H](OC(C)=O)[C@@H]1C. The van der Waals surface area contributed by atoms with E-state index in [4.69, 9.17) is 28.4 Å². The van der Waals surface area contributed by atoms with Crippen molar-refractivity contribution in [1.29, 1.82) is 0 Å². The van der Waals surface area contributed by atoms with E-state index in [9.17, 15) is 39.6 Å². The molecule has 1 fully saturated rings. The number of ether oxygens (including phenoxy) is 6. The zero-order valence-electron chi connectivity index (χ0n) is 35.8. The zero-order chi connectivity index (χ0) is 44.4. The first-order valence-corrected chi connectivity index (χ1v) is 20.1. The number of carbonyl (C=O) groups is 4. The lowest BCUT2D eigenvalue weighted by Crippen LogP contribution is -2.48. The van der Waals surface area contributed by atoms with E-state index in [1.807, 2.05) is 6.92 Å². The first kappa shape index (κ1) is 45.9. The van der Waals surface area contributed by atoms with Crippen LogP contribution in [0.3, 0.4) is 0 Å². The number of amides is 2. The van der Waals surface area contributed by atoms with Crippen LogP contribution in [0.15, 0.2) is 42.2 Å². The molecule has 16 heteroatoms. The first-order valence-electron chi connectivity index (χ1n) is 20.1. The molecule has 0 aromatic heterocycles. The monoisotopic (exact) mass is 838 g/mol. The number of allylic oxidation sites excluding steroid dienone is 2. The highest BCUT2D eigenvalue weighted by atomic mass is 16.7. The van der Waals surface area contributed by atoms with Gasteiger partial charge < -0.3 is 59.1 Å². The number of phenolic OH excluding ortho intramolecular Hbond substituents is 2. The number of aromatic hydroxyl groups is 2. The molecular weight excluding hydrogens is 780 g/mol. The highest BCUT2D eigenvalue weighted by molar-refractivity contribution is 6.21. The molecule has 60 heavy (non-hydrogen) atoms. The predicted octanol–water partition coefficient (Wildman–Crippen LogP) is 4.67. The average Bonchev–Trinajstić information content (AvgIpc) is 3.48. The summed E-state index contributed by atoms with van der Waals surface area (Å²) in [6.45, 7) is 14.9. The van der Waals surface area contributed by atoms with Crippen molar-refractivity contribution in [1.82, 2.24) is 4.90 Å². The van der Waals surface area contributed by atoms with Gasteiger partial charge in [-0.05, 0) is 26.8 Å². The molecule has 0 spiro atoms. The maximum Gasteiger partial charge on any atom is 0.312 e. The first-order chi connectivity index (χ1) is 28.2. The van der Waals surface area contributed by atoms with Crippen molar-refractivity contribution < 1.29 is 68.0 Å². The van der Waals surface area contributed by atoms with Crippen LogP contribution in [0.4, 0.5) is 5.69 Å². The van der Waals surface area contributed by atoms with E-state index in [-0.39, 0.29) is 56.6 Å². The molecule has 4 heterocycles. The molecule has 16 nitrogen and oxygen atoms in total. The average molecular weight is 839 g/mol. The number of hydrogen-bond donors (Lipinski definition) is 5. The second kappa shape index (κ2) is 18.6. The van der Waals surface area contributed by atoms with Gasteiger partial charge in [-0.3, -0.25) is 19.2 Å². The molecular formula is C44H58N2O14. The van der Waals surface area contributed by atoms with Gasteiger partial charge in [0.25, 0.3) is 17.6 Å². The Kier molecular flexibility index (Phi) is 14.3. The maximum absolute atomic E-state index is 14.5. The number of benzene rings is 2. The Morgan fingerprint density at radius 2 is 1.68 bits per heavy atom. The van der Waals surface area contributed by atoms with Crippen molar-refractivity contribution in [3.63, 3.8) is 0 Å². The number of ketones is 1. The van der Waals surface area contributed by atoms with E-state index in [1.54, 1.807) is 44.7 Å². The topological polar surface area (TPSA) is 220 Å². The lowest BCUT2D eigenvalue weighted by atomic mass is 9.78. The van der Waals surface area contributed by atoms with Crippen molar-refractivity contribution in [2.75, 3.05) is 38.8 Å². The van der Waals surface area contributed by atoms with Gasteiger partial charge in [-0.25, -0.2) is 0 Å². The molecule has 2 aromatic carbocycles. The second-order valence-electron chi connectivity index (χ2n) is 16.2. The lowest BCUT2D eigenvalue weighted by Gasteiger charge is -2.38. The fraction of sp³-hybridized carbons (Fsp3) is 0.545. The smallest absolute Gasteiger partial charge is 0.312 e. The Hall–Kier alpha value is -5.16. The van der Waals surface area contributed by atoms with Gasteiger partial charge in [-0.2, -0.15) is 0 Å². The van der Waals surface area contributed by atoms with Crippen LogP contribution in [-0.2, 0) is 33.3 Å². The summed E-state index contributed by atoms with van der Waals surface area (Å²) in [5.41, 5.74) is -0.0340. The minimum absolute atomic E-state index is 0.0638. The van der Waals surface area contributed by atoms with Crippen LogP contribution in [0.1, 0.15) is 71.3 Å². The maximum atomic E-state index is 14.5. The van der Waals surface area contributed by atoms with Crippen LogP contribution in [0, 0.1) is 30.6 Å². The molecule has 0 aliphatic carbocycles. The largest absolute Gasteiger partial charge is 0.507 e. The highest BCUT2D eigenvalue weighted by Gasteiger charge is 2.50. The van der Waals surface area contributed by atoms with Gasteiger partial charge >= 0.3 is 11.8 Å². The summed E-state index contributed by atoms with van der Waals surface area (Å²) in [5.74, 6) is -8.10. The molecule has 1 unspecified atom stereocenters. The number of hydrogen-bond acceptors (Lipinski definition) is 14. The molecule has 0 saturated carbocycles. The lowest BCUT2D eigenvalue weighted by molar-refractivity contribution is -0.160. The van der Waals surface area contributed by atoms with Gasteiger partial charge in [0, 0.05) is 73.8 Å². The Bertz CT molecular complexity index is 2080. The van der Waals surface area contributed by atoms with Crippen molar-refractivity contribution >= 4 is 40.0 Å². The van der Waals surface area contributed by atoms with Gasteiger partial charge in [-0.1, -0.05) is 45.9 Å². The molecule has 5 bridgehead atoms. The van der Waals surface area contributed by atoms with E-state index in [2.05, 4.69) is 5.32 Å². The number of phenols is 2. The number of rotatable bonds is 5. The van der Waals surface area contributed by atoms with Gasteiger partial charge in [-0.15, -0.1) is 0 Å². The molecule has 5 N–H and O–H groups in total. The van der Waals surface area contributed by atoms with Crippen LogP contribution in [0.25, 0.3) is 10.8 Å². The van der Waals surface area contributed by atoms with Gasteiger partial charge in [0.1, 0.15) is 23.4 Å². The molecule has 328 valence electrons. The quantitative estimate of drug-likeness (QED) is 0.204. The Balaban J connectivity index is 1.66. The van der Waals surface area contributed by atoms with Crippen molar-refractivity contribution in [3.8, 4) is 23.0 Å². The third kappa shape index (κ3) is 9.11. The summed E-state index contributed by atoms with van der Waals surface area (Å²) < 4.78 is 35.3. The van der Waals surface area contributed by atoms with E-state index in [0.29, 0.717) is 19.8 Å². The normalized spacial score (nSPS) is 32.4. The van der Waals surface area contributed by atoms with E-state index < -0.39 is 89.6 Å². The van der Waals surface area contributed by atoms with Crippen molar-refractivity contribution in [2.24, 2.45) is 23.7 Å². The zero-order valence-corrected chi connectivity index (χ0v) is 35.8. The second-order valence-corrected chi connectivity index (χ2v) is 16.2. The fourth-order valence-electron chi connectivity index (χ4n) is 8.07. The van der Waals surface area contributed by atoms with E-state index in [0.717, 1.165) is 0 Å². The third-order valence-electron chi connectivity index (χ3n) is 11.9. The summed E-state index contributed by atoms with van der Waals surface area (Å²) in [7, 11) is 1.44. The Labute approximate surface area is 349 Å². The van der Waals surface area contributed by atoms with E-state index in [1.165, 1.54) is 59.3 Å². The molecule has 2 aromatic rings.